The minimum Gasteiger partial charge on any atom is -0.345 e. The van der Waals surface area contributed by atoms with Crippen LogP contribution in [0.3, 0.4) is 0 Å². The molecule has 0 saturated carbocycles. The SMILES string of the molecule is CN1CCNC[C@H](NC(=O)c2n[nH]c3ccccc23)C1. The minimum absolute atomic E-state index is 0.102. The number of aromatic nitrogens is 2. The topological polar surface area (TPSA) is 73.0 Å². The van der Waals surface area contributed by atoms with Crippen molar-refractivity contribution in [1.29, 1.82) is 0 Å². The van der Waals surface area contributed by atoms with Crippen molar-refractivity contribution < 1.29 is 4.79 Å². The van der Waals surface area contributed by atoms with Crippen molar-refractivity contribution in [1.82, 2.24) is 25.7 Å². The molecule has 0 aliphatic carbocycles. The molecule has 1 aromatic carbocycles. The molecule has 106 valence electrons. The number of benzene rings is 1. The third-order valence-electron chi connectivity index (χ3n) is 3.61. The molecule has 0 radical (unpaired) electrons. The number of amides is 1. The van der Waals surface area contributed by atoms with Crippen molar-refractivity contribution >= 4 is 16.8 Å². The lowest BCUT2D eigenvalue weighted by molar-refractivity contribution is 0.0928. The van der Waals surface area contributed by atoms with E-state index in [0.717, 1.165) is 37.1 Å². The van der Waals surface area contributed by atoms with Crippen LogP contribution in [0.25, 0.3) is 10.9 Å². The summed E-state index contributed by atoms with van der Waals surface area (Å²) in [7, 11) is 2.07. The Morgan fingerprint density at radius 3 is 3.20 bits per heavy atom. The van der Waals surface area contributed by atoms with Crippen LogP contribution < -0.4 is 10.6 Å². The van der Waals surface area contributed by atoms with Gasteiger partial charge in [0.1, 0.15) is 0 Å². The molecular weight excluding hydrogens is 254 g/mol. The zero-order valence-electron chi connectivity index (χ0n) is 11.5. The van der Waals surface area contributed by atoms with E-state index < -0.39 is 0 Å². The quantitative estimate of drug-likeness (QED) is 0.730. The van der Waals surface area contributed by atoms with Gasteiger partial charge < -0.3 is 15.5 Å². The average Bonchev–Trinajstić information content (AvgIpc) is 2.77. The third kappa shape index (κ3) is 2.66. The molecule has 0 bridgehead atoms. The summed E-state index contributed by atoms with van der Waals surface area (Å²) in [5.74, 6) is -0.121. The Morgan fingerprint density at radius 2 is 2.30 bits per heavy atom. The molecule has 3 N–H and O–H groups in total. The molecule has 1 aliphatic heterocycles. The number of fused-ring (bicyclic) bond motifs is 1. The van der Waals surface area contributed by atoms with Gasteiger partial charge in [-0.25, -0.2) is 0 Å². The predicted octanol–water partition coefficient (Wildman–Crippen LogP) is 0.196. The van der Waals surface area contributed by atoms with Gasteiger partial charge >= 0.3 is 0 Å². The second kappa shape index (κ2) is 5.60. The zero-order valence-corrected chi connectivity index (χ0v) is 11.5. The Morgan fingerprint density at radius 1 is 1.45 bits per heavy atom. The summed E-state index contributed by atoms with van der Waals surface area (Å²) in [6, 6.07) is 7.76. The number of para-hydroxylation sites is 1. The Hall–Kier alpha value is -1.92. The highest BCUT2D eigenvalue weighted by molar-refractivity contribution is 6.04. The van der Waals surface area contributed by atoms with E-state index in [1.54, 1.807) is 0 Å². The first-order valence-electron chi connectivity index (χ1n) is 6.87. The van der Waals surface area contributed by atoms with E-state index in [-0.39, 0.29) is 11.9 Å². The Bertz CT molecular complexity index is 608. The lowest BCUT2D eigenvalue weighted by atomic mass is 10.2. The maximum absolute atomic E-state index is 12.4. The second-order valence-electron chi connectivity index (χ2n) is 5.25. The number of carbonyl (C=O) groups excluding carboxylic acids is 1. The number of rotatable bonds is 2. The Balaban J connectivity index is 1.75. The van der Waals surface area contributed by atoms with E-state index in [1.807, 2.05) is 24.3 Å². The maximum Gasteiger partial charge on any atom is 0.272 e. The largest absolute Gasteiger partial charge is 0.345 e. The van der Waals surface area contributed by atoms with Gasteiger partial charge in [-0.2, -0.15) is 5.10 Å². The molecule has 0 unspecified atom stereocenters. The van der Waals surface area contributed by atoms with Gasteiger partial charge in [-0.05, 0) is 13.1 Å². The van der Waals surface area contributed by atoms with E-state index in [2.05, 4.69) is 32.8 Å². The monoisotopic (exact) mass is 273 g/mol. The summed E-state index contributed by atoms with van der Waals surface area (Å²) in [6.45, 7) is 3.59. The van der Waals surface area contributed by atoms with Crippen molar-refractivity contribution in [3.63, 3.8) is 0 Å². The van der Waals surface area contributed by atoms with Gasteiger partial charge in [0.25, 0.3) is 5.91 Å². The normalized spacial score (nSPS) is 20.8. The molecule has 1 amide bonds. The number of nitrogens with one attached hydrogen (secondary N) is 3. The van der Waals surface area contributed by atoms with Crippen LogP contribution in [0.2, 0.25) is 0 Å². The fraction of sp³-hybridized carbons (Fsp3) is 0.429. The maximum atomic E-state index is 12.4. The summed E-state index contributed by atoms with van der Waals surface area (Å²) in [5, 5.41) is 14.3. The molecule has 1 fully saturated rings. The number of hydrogen-bond donors (Lipinski definition) is 3. The first-order chi connectivity index (χ1) is 9.74. The summed E-state index contributed by atoms with van der Waals surface area (Å²) in [6.07, 6.45) is 0. The Labute approximate surface area is 117 Å². The number of nitrogens with zero attached hydrogens (tertiary/aromatic N) is 2. The van der Waals surface area contributed by atoms with Gasteiger partial charge in [0.05, 0.1) is 11.6 Å². The first kappa shape index (κ1) is 13.1. The predicted molar refractivity (Wildman–Crippen MR) is 77.7 cm³/mol. The fourth-order valence-corrected chi connectivity index (χ4v) is 2.57. The van der Waals surface area contributed by atoms with E-state index in [1.165, 1.54) is 0 Å². The molecule has 1 aromatic heterocycles. The van der Waals surface area contributed by atoms with Crippen LogP contribution in [-0.4, -0.2) is 60.3 Å². The average molecular weight is 273 g/mol. The molecule has 6 nitrogen and oxygen atoms in total. The summed E-state index contributed by atoms with van der Waals surface area (Å²) in [5.41, 5.74) is 1.35. The molecule has 2 aromatic rings. The van der Waals surface area contributed by atoms with Crippen LogP contribution in [0, 0.1) is 0 Å². The van der Waals surface area contributed by atoms with Gasteiger partial charge in [0, 0.05) is 31.6 Å². The van der Waals surface area contributed by atoms with E-state index in [9.17, 15) is 4.79 Å². The number of likely N-dealkylation sites (N-methyl/N-ethyl adjacent to an activating group) is 1. The number of H-pyrrole nitrogens is 1. The molecule has 0 spiro atoms. The van der Waals surface area contributed by atoms with Gasteiger partial charge in [-0.3, -0.25) is 9.89 Å². The minimum atomic E-state index is -0.121. The molecule has 2 heterocycles. The standard InChI is InChI=1S/C14H19N5O/c1-19-7-6-15-8-10(9-19)16-14(20)13-11-4-2-3-5-12(11)17-18-13/h2-5,10,15H,6-9H2,1H3,(H,16,20)(H,17,18)/t10-/m0/s1. The molecule has 1 saturated heterocycles. The fourth-order valence-electron chi connectivity index (χ4n) is 2.57. The van der Waals surface area contributed by atoms with Crippen LogP contribution >= 0.6 is 0 Å². The zero-order chi connectivity index (χ0) is 13.9. The van der Waals surface area contributed by atoms with E-state index in [4.69, 9.17) is 0 Å². The molecule has 20 heavy (non-hydrogen) atoms. The van der Waals surface area contributed by atoms with E-state index in [0.29, 0.717) is 5.69 Å². The molecule has 1 aliphatic rings. The molecule has 1 atom stereocenters. The molecule has 3 rings (SSSR count). The highest BCUT2D eigenvalue weighted by atomic mass is 16.2. The van der Waals surface area contributed by atoms with Crippen molar-refractivity contribution in [3.8, 4) is 0 Å². The van der Waals surface area contributed by atoms with Crippen molar-refractivity contribution in [2.75, 3.05) is 33.2 Å². The smallest absolute Gasteiger partial charge is 0.272 e. The van der Waals surface area contributed by atoms with Gasteiger partial charge in [-0.1, -0.05) is 18.2 Å². The van der Waals surface area contributed by atoms with Crippen molar-refractivity contribution in [3.05, 3.63) is 30.0 Å². The van der Waals surface area contributed by atoms with Gasteiger partial charge in [0.2, 0.25) is 0 Å². The van der Waals surface area contributed by atoms with Gasteiger partial charge in [-0.15, -0.1) is 0 Å². The number of hydrogen-bond acceptors (Lipinski definition) is 4. The summed E-state index contributed by atoms with van der Waals surface area (Å²) < 4.78 is 0. The van der Waals surface area contributed by atoms with Crippen molar-refractivity contribution in [2.45, 2.75) is 6.04 Å². The van der Waals surface area contributed by atoms with E-state index >= 15 is 0 Å². The van der Waals surface area contributed by atoms with Crippen LogP contribution in [0.4, 0.5) is 0 Å². The van der Waals surface area contributed by atoms with Gasteiger partial charge in [0.15, 0.2) is 5.69 Å². The van der Waals surface area contributed by atoms with Crippen LogP contribution in [0.5, 0.6) is 0 Å². The second-order valence-corrected chi connectivity index (χ2v) is 5.25. The summed E-state index contributed by atoms with van der Waals surface area (Å²) in [4.78, 5) is 14.6. The van der Waals surface area contributed by atoms with Crippen molar-refractivity contribution in [2.24, 2.45) is 0 Å². The lowest BCUT2D eigenvalue weighted by Gasteiger charge is -2.20. The highest BCUT2D eigenvalue weighted by Gasteiger charge is 2.20. The number of carbonyl (C=O) groups is 1. The third-order valence-corrected chi connectivity index (χ3v) is 3.61. The highest BCUT2D eigenvalue weighted by Crippen LogP contribution is 2.14. The Kier molecular flexibility index (Phi) is 3.66. The summed E-state index contributed by atoms with van der Waals surface area (Å²) >= 11 is 0. The molecular formula is C14H19N5O. The van der Waals surface area contributed by atoms with Crippen LogP contribution in [0.15, 0.2) is 24.3 Å². The van der Waals surface area contributed by atoms with Crippen LogP contribution in [-0.2, 0) is 0 Å². The molecule has 6 heteroatoms. The lowest BCUT2D eigenvalue weighted by Crippen LogP contribution is -2.45. The number of aromatic amines is 1. The van der Waals surface area contributed by atoms with Crippen LogP contribution in [0.1, 0.15) is 10.5 Å². The first-order valence-corrected chi connectivity index (χ1v) is 6.87.